The Bertz CT molecular complexity index is 577. The molecule has 84 valence electrons. The summed E-state index contributed by atoms with van der Waals surface area (Å²) in [5.41, 5.74) is 0.543. The van der Waals surface area contributed by atoms with Gasteiger partial charge in [0.1, 0.15) is 0 Å². The number of nitriles is 1. The Morgan fingerprint density at radius 1 is 1.50 bits per heavy atom. The molecule has 1 aliphatic heterocycles. The van der Waals surface area contributed by atoms with E-state index in [0.717, 1.165) is 0 Å². The van der Waals surface area contributed by atoms with Crippen molar-refractivity contribution in [2.75, 3.05) is 5.32 Å². The molecule has 0 aliphatic carbocycles. The fourth-order valence-electron chi connectivity index (χ4n) is 1.77. The molecule has 0 saturated carbocycles. The molecule has 0 radical (unpaired) electrons. The zero-order valence-corrected chi connectivity index (χ0v) is 10.8. The van der Waals surface area contributed by atoms with Crippen LogP contribution in [0.15, 0.2) is 27.6 Å². The van der Waals surface area contributed by atoms with E-state index in [0.29, 0.717) is 10.2 Å². The second-order valence-corrected chi connectivity index (χ2v) is 6.53. The number of fused-ring (bicyclic) bond motifs is 1. The third kappa shape index (κ3) is 1.51. The van der Waals surface area contributed by atoms with Crippen LogP contribution in [0.5, 0.6) is 0 Å². The van der Waals surface area contributed by atoms with E-state index >= 15 is 0 Å². The molecule has 16 heavy (non-hydrogen) atoms. The van der Waals surface area contributed by atoms with Gasteiger partial charge in [-0.25, -0.2) is 8.42 Å². The smallest absolute Gasteiger partial charge is 0.198 e. The van der Waals surface area contributed by atoms with E-state index in [2.05, 4.69) is 21.2 Å². The van der Waals surface area contributed by atoms with Crippen LogP contribution >= 0.6 is 15.9 Å². The molecule has 1 aromatic carbocycles. The lowest BCUT2D eigenvalue weighted by Gasteiger charge is -2.28. The van der Waals surface area contributed by atoms with Crippen LogP contribution in [0.2, 0.25) is 0 Å². The molecule has 0 spiro atoms. The minimum absolute atomic E-state index is 0.187. The number of rotatable bonds is 0. The first-order chi connectivity index (χ1) is 7.48. The van der Waals surface area contributed by atoms with Crippen molar-refractivity contribution >= 4 is 31.5 Å². The van der Waals surface area contributed by atoms with Crippen molar-refractivity contribution < 1.29 is 8.42 Å². The summed E-state index contributed by atoms with van der Waals surface area (Å²) >= 11 is 3.29. The van der Waals surface area contributed by atoms with Gasteiger partial charge in [-0.05, 0) is 35.0 Å². The SMILES string of the molecule is CC1Nc2c(Br)cccc2S(=O)(=O)C1C#N. The number of benzene rings is 1. The predicted molar refractivity (Wildman–Crippen MR) is 63.8 cm³/mol. The van der Waals surface area contributed by atoms with E-state index in [4.69, 9.17) is 5.26 Å². The van der Waals surface area contributed by atoms with Gasteiger partial charge in [-0.1, -0.05) is 6.07 Å². The van der Waals surface area contributed by atoms with Crippen molar-refractivity contribution in [2.24, 2.45) is 0 Å². The first-order valence-electron chi connectivity index (χ1n) is 4.67. The molecule has 1 aromatic rings. The summed E-state index contributed by atoms with van der Waals surface area (Å²) in [6.07, 6.45) is 0. The van der Waals surface area contributed by atoms with Crippen molar-refractivity contribution in [3.8, 4) is 6.07 Å². The van der Waals surface area contributed by atoms with E-state index in [9.17, 15) is 8.42 Å². The molecular formula is C10H9BrN2O2S. The molecule has 6 heteroatoms. The van der Waals surface area contributed by atoms with E-state index in [1.54, 1.807) is 19.1 Å². The maximum absolute atomic E-state index is 12.1. The van der Waals surface area contributed by atoms with E-state index in [1.165, 1.54) is 6.07 Å². The normalized spacial score (nSPS) is 26.3. The summed E-state index contributed by atoms with van der Waals surface area (Å²) in [5, 5.41) is 10.9. The third-order valence-corrected chi connectivity index (χ3v) is 5.37. The Labute approximate surface area is 102 Å². The standard InChI is InChI=1S/C10H9BrN2O2S/c1-6-9(5-12)16(14,15)8-4-2-3-7(11)10(8)13-6/h2-4,6,9,13H,1H3. The van der Waals surface area contributed by atoms with Gasteiger partial charge in [-0.3, -0.25) is 0 Å². The molecule has 1 aliphatic rings. The highest BCUT2D eigenvalue weighted by Crippen LogP contribution is 2.37. The summed E-state index contributed by atoms with van der Waals surface area (Å²) < 4.78 is 24.9. The topological polar surface area (TPSA) is 70.0 Å². The van der Waals surface area contributed by atoms with Crippen LogP contribution in [0, 0.1) is 11.3 Å². The average molecular weight is 301 g/mol. The van der Waals surface area contributed by atoms with Crippen LogP contribution in [0.4, 0.5) is 5.69 Å². The minimum atomic E-state index is -3.56. The molecule has 2 rings (SSSR count). The van der Waals surface area contributed by atoms with E-state index in [1.807, 2.05) is 6.07 Å². The largest absolute Gasteiger partial charge is 0.378 e. The third-order valence-electron chi connectivity index (χ3n) is 2.57. The van der Waals surface area contributed by atoms with Gasteiger partial charge < -0.3 is 5.32 Å². The molecule has 2 unspecified atom stereocenters. The zero-order valence-electron chi connectivity index (χ0n) is 8.44. The van der Waals surface area contributed by atoms with Gasteiger partial charge in [0.25, 0.3) is 0 Å². The monoisotopic (exact) mass is 300 g/mol. The van der Waals surface area contributed by atoms with Crippen LogP contribution in [0.3, 0.4) is 0 Å². The van der Waals surface area contributed by atoms with Crippen molar-refractivity contribution in [2.45, 2.75) is 23.1 Å². The Morgan fingerprint density at radius 3 is 2.81 bits per heavy atom. The number of nitrogens with zero attached hydrogens (tertiary/aromatic N) is 1. The van der Waals surface area contributed by atoms with Crippen molar-refractivity contribution in [1.82, 2.24) is 0 Å². The van der Waals surface area contributed by atoms with Crippen LogP contribution < -0.4 is 5.32 Å². The maximum atomic E-state index is 12.1. The maximum Gasteiger partial charge on any atom is 0.198 e. The molecule has 4 nitrogen and oxygen atoms in total. The highest BCUT2D eigenvalue weighted by Gasteiger charge is 2.39. The number of sulfone groups is 1. The lowest BCUT2D eigenvalue weighted by Crippen LogP contribution is -2.41. The summed E-state index contributed by atoms with van der Waals surface area (Å²) in [7, 11) is -3.56. The number of nitrogens with one attached hydrogen (secondary N) is 1. The number of halogens is 1. The molecule has 1 N–H and O–H groups in total. The Balaban J connectivity index is 2.73. The average Bonchev–Trinajstić information content (AvgIpc) is 2.20. The quantitative estimate of drug-likeness (QED) is 0.795. The molecular weight excluding hydrogens is 292 g/mol. The zero-order chi connectivity index (χ0) is 11.9. The second kappa shape index (κ2) is 3.75. The first kappa shape index (κ1) is 11.4. The molecule has 0 saturated heterocycles. The second-order valence-electron chi connectivity index (χ2n) is 3.64. The Kier molecular flexibility index (Phi) is 2.68. The van der Waals surface area contributed by atoms with Crippen molar-refractivity contribution in [1.29, 1.82) is 5.26 Å². The van der Waals surface area contributed by atoms with E-state index < -0.39 is 21.1 Å². The summed E-state index contributed by atoms with van der Waals surface area (Å²) in [6, 6.07) is 6.35. The van der Waals surface area contributed by atoms with Gasteiger partial charge in [0.15, 0.2) is 15.1 Å². The van der Waals surface area contributed by atoms with Gasteiger partial charge in [0, 0.05) is 4.47 Å². The van der Waals surface area contributed by atoms with Gasteiger partial charge in [0.2, 0.25) is 0 Å². The minimum Gasteiger partial charge on any atom is -0.378 e. The van der Waals surface area contributed by atoms with Crippen molar-refractivity contribution in [3.05, 3.63) is 22.7 Å². The number of hydrogen-bond acceptors (Lipinski definition) is 4. The van der Waals surface area contributed by atoms with Crippen LogP contribution in [0.1, 0.15) is 6.92 Å². The highest BCUT2D eigenvalue weighted by molar-refractivity contribution is 9.10. The lowest BCUT2D eigenvalue weighted by atomic mass is 10.2. The van der Waals surface area contributed by atoms with Crippen LogP contribution in [-0.2, 0) is 9.84 Å². The molecule has 2 atom stereocenters. The molecule has 1 heterocycles. The van der Waals surface area contributed by atoms with Gasteiger partial charge >= 0.3 is 0 Å². The van der Waals surface area contributed by atoms with Gasteiger partial charge in [-0.15, -0.1) is 0 Å². The Hall–Kier alpha value is -1.06. The summed E-state index contributed by atoms with van der Waals surface area (Å²) in [5.74, 6) is 0. The number of hydrogen-bond donors (Lipinski definition) is 1. The van der Waals surface area contributed by atoms with Crippen molar-refractivity contribution in [3.63, 3.8) is 0 Å². The highest BCUT2D eigenvalue weighted by atomic mass is 79.9. The first-order valence-corrected chi connectivity index (χ1v) is 7.01. The molecule has 0 bridgehead atoms. The Morgan fingerprint density at radius 2 is 2.19 bits per heavy atom. The predicted octanol–water partition coefficient (Wildman–Crippen LogP) is 1.93. The number of anilines is 1. The van der Waals surface area contributed by atoms with E-state index in [-0.39, 0.29) is 4.90 Å². The molecule has 0 amide bonds. The summed E-state index contributed by atoms with van der Waals surface area (Å²) in [6.45, 7) is 1.69. The van der Waals surface area contributed by atoms with Crippen LogP contribution in [0.25, 0.3) is 0 Å². The van der Waals surface area contributed by atoms with Crippen LogP contribution in [-0.4, -0.2) is 19.7 Å². The fourth-order valence-corrected chi connectivity index (χ4v) is 4.12. The van der Waals surface area contributed by atoms with Gasteiger partial charge in [0.05, 0.1) is 22.7 Å². The molecule has 0 fully saturated rings. The fraction of sp³-hybridized carbons (Fsp3) is 0.300. The molecule has 0 aromatic heterocycles. The lowest BCUT2D eigenvalue weighted by molar-refractivity contribution is 0.578. The summed E-state index contributed by atoms with van der Waals surface area (Å²) in [4.78, 5) is 0.187. The van der Waals surface area contributed by atoms with Gasteiger partial charge in [-0.2, -0.15) is 5.26 Å². The number of para-hydroxylation sites is 1.